The summed E-state index contributed by atoms with van der Waals surface area (Å²) in [6.07, 6.45) is 13.1. The Morgan fingerprint density at radius 2 is 1.45 bits per heavy atom. The highest BCUT2D eigenvalue weighted by Gasteiger charge is 2.32. The van der Waals surface area contributed by atoms with Crippen molar-refractivity contribution in [3.8, 4) is 0 Å². The average Bonchev–Trinajstić information content (AvgIpc) is 2.82. The van der Waals surface area contributed by atoms with Crippen LogP contribution in [0.2, 0.25) is 0 Å². The Bertz CT molecular complexity index is 836. The van der Waals surface area contributed by atoms with Crippen LogP contribution in [0.5, 0.6) is 0 Å². The van der Waals surface area contributed by atoms with Crippen molar-refractivity contribution in [3.63, 3.8) is 0 Å². The maximum absolute atomic E-state index is 13.4. The van der Waals surface area contributed by atoms with E-state index in [0.717, 1.165) is 75.5 Å². The van der Waals surface area contributed by atoms with Crippen LogP contribution in [0.15, 0.2) is 36.1 Å². The molecule has 2 saturated carbocycles. The Morgan fingerprint density at radius 3 is 2.00 bits per heavy atom. The van der Waals surface area contributed by atoms with E-state index in [1.54, 1.807) is 0 Å². The number of allylic oxidation sites excluding steroid dienone is 2. The normalized spacial score (nSPS) is 30.3. The topological polar surface area (TPSA) is 9.23 Å². The third-order valence-electron chi connectivity index (χ3n) is 8.11. The van der Waals surface area contributed by atoms with Crippen molar-refractivity contribution in [1.82, 2.24) is 0 Å². The van der Waals surface area contributed by atoms with E-state index >= 15 is 0 Å². The van der Waals surface area contributed by atoms with Crippen LogP contribution < -0.4 is 0 Å². The molecule has 0 amide bonds. The van der Waals surface area contributed by atoms with E-state index < -0.39 is 23.5 Å². The second-order valence-electron chi connectivity index (χ2n) is 10.1. The first kappa shape index (κ1) is 24.3. The van der Waals surface area contributed by atoms with Gasteiger partial charge in [-0.05, 0) is 130 Å². The zero-order valence-corrected chi connectivity index (χ0v) is 19.0. The van der Waals surface area contributed by atoms with Gasteiger partial charge in [0.2, 0.25) is 0 Å². The van der Waals surface area contributed by atoms with E-state index in [-0.39, 0.29) is 12.0 Å². The van der Waals surface area contributed by atoms with Crippen molar-refractivity contribution >= 4 is 0 Å². The molecular formula is C27H33F5O. The summed E-state index contributed by atoms with van der Waals surface area (Å²) in [5.74, 6) is -1.71. The zero-order valence-electron chi connectivity index (χ0n) is 19.0. The first-order valence-electron chi connectivity index (χ1n) is 12.4. The molecular weight excluding hydrogens is 435 g/mol. The van der Waals surface area contributed by atoms with Crippen LogP contribution in [0.3, 0.4) is 0 Å². The summed E-state index contributed by atoms with van der Waals surface area (Å²) in [5, 5.41) is 0. The van der Waals surface area contributed by atoms with Gasteiger partial charge < -0.3 is 4.74 Å². The lowest BCUT2D eigenvalue weighted by atomic mass is 9.68. The predicted octanol–water partition coefficient (Wildman–Crippen LogP) is 8.49. The van der Waals surface area contributed by atoms with Gasteiger partial charge in [0.25, 0.3) is 6.08 Å². The molecule has 182 valence electrons. The van der Waals surface area contributed by atoms with Gasteiger partial charge in [0.15, 0.2) is 17.5 Å². The molecule has 1 unspecified atom stereocenters. The minimum atomic E-state index is -1.54. The molecule has 0 bridgehead atoms. The van der Waals surface area contributed by atoms with Crippen molar-refractivity contribution in [2.24, 2.45) is 23.7 Å². The predicted molar refractivity (Wildman–Crippen MR) is 118 cm³/mol. The molecule has 0 radical (unpaired) electrons. The minimum Gasteiger partial charge on any atom is -0.498 e. The van der Waals surface area contributed by atoms with E-state index in [1.165, 1.54) is 18.4 Å². The second-order valence-corrected chi connectivity index (χ2v) is 10.1. The number of benzene rings is 1. The Kier molecular flexibility index (Phi) is 8.13. The fraction of sp³-hybridized carbons (Fsp3) is 0.630. The van der Waals surface area contributed by atoms with Crippen molar-refractivity contribution in [2.45, 2.75) is 83.2 Å². The Balaban J connectivity index is 1.19. The van der Waals surface area contributed by atoms with E-state index in [9.17, 15) is 22.0 Å². The van der Waals surface area contributed by atoms with Gasteiger partial charge in [-0.15, -0.1) is 0 Å². The van der Waals surface area contributed by atoms with Crippen molar-refractivity contribution < 1.29 is 26.7 Å². The SMILES string of the molecule is FC(F)=CC1CCC(C2CCC(C3=COC(CCc4cc(F)c(F)c(F)c4)CC3)CC2)CC1. The fourth-order valence-corrected chi connectivity index (χ4v) is 6.15. The number of rotatable bonds is 6. The number of ether oxygens (including phenoxy) is 1. The summed E-state index contributed by atoms with van der Waals surface area (Å²) >= 11 is 0. The van der Waals surface area contributed by atoms with Crippen molar-refractivity contribution in [2.75, 3.05) is 0 Å². The summed E-state index contributed by atoms with van der Waals surface area (Å²) in [4.78, 5) is 0. The Hall–Kier alpha value is -1.85. The number of hydrogen-bond acceptors (Lipinski definition) is 1. The molecule has 0 aromatic heterocycles. The molecule has 1 aromatic rings. The highest BCUT2D eigenvalue weighted by atomic mass is 19.3. The molecule has 1 heterocycles. The molecule has 4 rings (SSSR count). The Morgan fingerprint density at radius 1 is 0.848 bits per heavy atom. The standard InChI is InChI=1S/C27H33F5O/c28-24-13-18(14-25(29)27(24)32)3-11-23-12-10-22(16-33-23)21-8-6-20(7-9-21)19-4-1-17(2-5-19)15-26(30)31/h13-17,19-21,23H,1-12H2. The average molecular weight is 469 g/mol. The lowest BCUT2D eigenvalue weighted by Crippen LogP contribution is -2.27. The van der Waals surface area contributed by atoms with Gasteiger partial charge in [-0.1, -0.05) is 0 Å². The van der Waals surface area contributed by atoms with E-state index in [2.05, 4.69) is 0 Å². The highest BCUT2D eigenvalue weighted by molar-refractivity contribution is 5.20. The van der Waals surface area contributed by atoms with E-state index in [1.807, 2.05) is 6.26 Å². The fourth-order valence-electron chi connectivity index (χ4n) is 6.15. The van der Waals surface area contributed by atoms with Crippen LogP contribution in [0.1, 0.15) is 76.2 Å². The van der Waals surface area contributed by atoms with Crippen LogP contribution >= 0.6 is 0 Å². The third kappa shape index (κ3) is 6.39. The molecule has 0 spiro atoms. The van der Waals surface area contributed by atoms with Gasteiger partial charge >= 0.3 is 0 Å². The molecule has 0 saturated heterocycles. The van der Waals surface area contributed by atoms with E-state index in [0.29, 0.717) is 30.2 Å². The molecule has 2 fully saturated rings. The summed E-state index contributed by atoms with van der Waals surface area (Å²) in [7, 11) is 0. The zero-order chi connectivity index (χ0) is 23.4. The Labute approximate surface area is 193 Å². The van der Waals surface area contributed by atoms with Gasteiger partial charge in [-0.25, -0.2) is 13.2 Å². The van der Waals surface area contributed by atoms with Crippen LogP contribution in [0, 0.1) is 41.1 Å². The second kappa shape index (κ2) is 11.1. The van der Waals surface area contributed by atoms with Gasteiger partial charge in [0.05, 0.1) is 12.4 Å². The smallest absolute Gasteiger partial charge is 0.266 e. The number of hydrogen-bond donors (Lipinski definition) is 0. The molecule has 1 atom stereocenters. The largest absolute Gasteiger partial charge is 0.498 e. The lowest BCUT2D eigenvalue weighted by Gasteiger charge is -2.38. The molecule has 2 aliphatic carbocycles. The highest BCUT2D eigenvalue weighted by Crippen LogP contribution is 2.44. The first-order valence-corrected chi connectivity index (χ1v) is 12.4. The number of halogens is 5. The molecule has 33 heavy (non-hydrogen) atoms. The quantitative estimate of drug-likeness (QED) is 0.300. The minimum absolute atomic E-state index is 0.0136. The van der Waals surface area contributed by atoms with Crippen LogP contribution in [0.4, 0.5) is 22.0 Å². The van der Waals surface area contributed by atoms with Gasteiger partial charge in [-0.3, -0.25) is 0 Å². The molecule has 0 N–H and O–H groups in total. The summed E-state index contributed by atoms with van der Waals surface area (Å²) in [5.41, 5.74) is 1.82. The van der Waals surface area contributed by atoms with Gasteiger partial charge in [-0.2, -0.15) is 8.78 Å². The first-order chi connectivity index (χ1) is 15.9. The molecule has 1 aliphatic heterocycles. The van der Waals surface area contributed by atoms with Crippen LogP contribution in [-0.4, -0.2) is 6.10 Å². The monoisotopic (exact) mass is 468 g/mol. The van der Waals surface area contributed by atoms with Gasteiger partial charge in [0, 0.05) is 0 Å². The summed E-state index contributed by atoms with van der Waals surface area (Å²) in [6, 6.07) is 2.12. The summed E-state index contributed by atoms with van der Waals surface area (Å²) < 4.78 is 70.8. The van der Waals surface area contributed by atoms with Crippen LogP contribution in [0.25, 0.3) is 0 Å². The molecule has 6 heteroatoms. The molecule has 1 aromatic carbocycles. The number of aryl methyl sites for hydroxylation is 1. The van der Waals surface area contributed by atoms with Crippen LogP contribution in [-0.2, 0) is 11.2 Å². The molecule has 1 nitrogen and oxygen atoms in total. The van der Waals surface area contributed by atoms with Crippen molar-refractivity contribution in [3.05, 3.63) is 59.1 Å². The molecule has 3 aliphatic rings. The third-order valence-corrected chi connectivity index (χ3v) is 8.11. The maximum Gasteiger partial charge on any atom is 0.266 e. The van der Waals surface area contributed by atoms with Gasteiger partial charge in [0.1, 0.15) is 0 Å². The van der Waals surface area contributed by atoms with Crippen molar-refractivity contribution in [1.29, 1.82) is 0 Å². The lowest BCUT2D eigenvalue weighted by molar-refractivity contribution is 0.101. The maximum atomic E-state index is 13.4. The van der Waals surface area contributed by atoms with E-state index in [4.69, 9.17) is 4.74 Å². The summed E-state index contributed by atoms with van der Waals surface area (Å²) in [6.45, 7) is 0.